The molecule has 6 rings (SSSR count). The number of likely N-dealkylation sites (tertiary alicyclic amines) is 1. The molecule has 5 aliphatic rings. The van der Waals surface area contributed by atoms with Crippen molar-refractivity contribution in [3.63, 3.8) is 0 Å². The molecule has 0 spiro atoms. The number of piperazine rings is 1. The van der Waals surface area contributed by atoms with Gasteiger partial charge in [0, 0.05) is 44.3 Å². The molecule has 2 aliphatic heterocycles. The Kier molecular flexibility index (Phi) is 5.11. The molecule has 5 atom stereocenters. The fourth-order valence-electron chi connectivity index (χ4n) is 6.10. The molecule has 0 aromatic heterocycles. The van der Waals surface area contributed by atoms with Crippen LogP contribution in [-0.2, 0) is 14.4 Å². The van der Waals surface area contributed by atoms with E-state index in [2.05, 4.69) is 55.2 Å². The third kappa shape index (κ3) is 3.46. The summed E-state index contributed by atoms with van der Waals surface area (Å²) < 4.78 is 0. The molecule has 6 heteroatoms. The van der Waals surface area contributed by atoms with Crippen molar-refractivity contribution in [2.24, 2.45) is 23.7 Å². The number of benzene rings is 1. The number of nitrogens with zero attached hydrogens (tertiary/aromatic N) is 3. The van der Waals surface area contributed by atoms with Crippen molar-refractivity contribution in [3.8, 4) is 0 Å². The zero-order valence-corrected chi connectivity index (χ0v) is 18.4. The maximum Gasteiger partial charge on any atom is 0.233 e. The fraction of sp³-hybridized carbons (Fsp3) is 0.560. The fourth-order valence-corrected chi connectivity index (χ4v) is 6.10. The minimum atomic E-state index is -0.191. The summed E-state index contributed by atoms with van der Waals surface area (Å²) in [5, 5.41) is 0. The van der Waals surface area contributed by atoms with Crippen LogP contribution in [0.1, 0.15) is 31.7 Å². The first kappa shape index (κ1) is 20.3. The highest BCUT2D eigenvalue weighted by Gasteiger charge is 2.56. The highest BCUT2D eigenvalue weighted by atomic mass is 16.2. The van der Waals surface area contributed by atoms with Gasteiger partial charge in [0.2, 0.25) is 17.7 Å². The van der Waals surface area contributed by atoms with Crippen molar-refractivity contribution < 1.29 is 14.4 Å². The molecule has 3 fully saturated rings. The Labute approximate surface area is 183 Å². The van der Waals surface area contributed by atoms with E-state index in [0.29, 0.717) is 13.1 Å². The molecular weight excluding hydrogens is 390 g/mol. The standard InChI is InChI=1S/C25H31N3O3/c1-16-4-3-5-20(14-16)27-13-12-26(15-17(27)2)21(29)10-11-28-24(30)22-18-6-7-19(9-8-18)23(22)25(28)31/h3-7,14,17-19,22-23H,8-13,15H2,1-2H3/t17-,18-,19-,22-,23+/m0/s1. The van der Waals surface area contributed by atoms with Gasteiger partial charge in [-0.3, -0.25) is 19.3 Å². The molecule has 2 saturated heterocycles. The molecule has 2 bridgehead atoms. The van der Waals surface area contributed by atoms with Gasteiger partial charge in [-0.1, -0.05) is 24.3 Å². The summed E-state index contributed by atoms with van der Waals surface area (Å²) in [5.41, 5.74) is 2.42. The molecule has 31 heavy (non-hydrogen) atoms. The number of fused-ring (bicyclic) bond motifs is 1. The zero-order chi connectivity index (χ0) is 21.7. The highest BCUT2D eigenvalue weighted by Crippen LogP contribution is 2.49. The van der Waals surface area contributed by atoms with Gasteiger partial charge >= 0.3 is 0 Å². The number of hydrogen-bond donors (Lipinski definition) is 0. The van der Waals surface area contributed by atoms with Crippen molar-refractivity contribution in [1.29, 1.82) is 0 Å². The Balaban J connectivity index is 1.18. The lowest BCUT2D eigenvalue weighted by atomic mass is 9.63. The van der Waals surface area contributed by atoms with Crippen molar-refractivity contribution in [2.45, 2.75) is 39.2 Å². The van der Waals surface area contributed by atoms with Crippen molar-refractivity contribution in [2.75, 3.05) is 31.1 Å². The predicted octanol–water partition coefficient (Wildman–Crippen LogP) is 2.62. The van der Waals surface area contributed by atoms with E-state index in [1.807, 2.05) is 4.90 Å². The quantitative estimate of drug-likeness (QED) is 0.554. The summed E-state index contributed by atoms with van der Waals surface area (Å²) in [4.78, 5) is 44.4. The maximum atomic E-state index is 12.9. The van der Waals surface area contributed by atoms with Gasteiger partial charge in [0.1, 0.15) is 0 Å². The number of imide groups is 1. The van der Waals surface area contributed by atoms with E-state index >= 15 is 0 Å². The van der Waals surface area contributed by atoms with E-state index in [-0.39, 0.29) is 60.4 Å². The van der Waals surface area contributed by atoms with Crippen LogP contribution in [0.3, 0.4) is 0 Å². The van der Waals surface area contributed by atoms with Gasteiger partial charge in [-0.2, -0.15) is 0 Å². The van der Waals surface area contributed by atoms with E-state index in [0.717, 1.165) is 19.4 Å². The first-order valence-corrected chi connectivity index (χ1v) is 11.6. The molecule has 1 aromatic rings. The summed E-state index contributed by atoms with van der Waals surface area (Å²) in [6, 6.07) is 8.68. The summed E-state index contributed by atoms with van der Waals surface area (Å²) in [6.07, 6.45) is 6.47. The van der Waals surface area contributed by atoms with E-state index < -0.39 is 0 Å². The van der Waals surface area contributed by atoms with Crippen molar-refractivity contribution in [3.05, 3.63) is 42.0 Å². The Morgan fingerprint density at radius 1 is 1.03 bits per heavy atom. The average molecular weight is 422 g/mol. The van der Waals surface area contributed by atoms with E-state index in [1.165, 1.54) is 16.2 Å². The third-order valence-electron chi connectivity index (χ3n) is 7.71. The molecule has 3 amide bonds. The summed E-state index contributed by atoms with van der Waals surface area (Å²) in [7, 11) is 0. The Bertz CT molecular complexity index is 910. The second-order valence-electron chi connectivity index (χ2n) is 9.64. The topological polar surface area (TPSA) is 60.9 Å². The molecule has 1 saturated carbocycles. The largest absolute Gasteiger partial charge is 0.365 e. The van der Waals surface area contributed by atoms with E-state index in [1.54, 1.807) is 0 Å². The highest BCUT2D eigenvalue weighted by molar-refractivity contribution is 6.06. The number of hydrogen-bond acceptors (Lipinski definition) is 4. The molecule has 0 unspecified atom stereocenters. The number of carbonyl (C=O) groups excluding carboxylic acids is 3. The number of amides is 3. The van der Waals surface area contributed by atoms with Crippen molar-refractivity contribution >= 4 is 23.4 Å². The molecule has 2 heterocycles. The van der Waals surface area contributed by atoms with Gasteiger partial charge in [-0.05, 0) is 56.2 Å². The van der Waals surface area contributed by atoms with Crippen LogP contribution in [0.15, 0.2) is 36.4 Å². The van der Waals surface area contributed by atoms with Crippen LogP contribution in [0, 0.1) is 30.6 Å². The maximum absolute atomic E-state index is 12.9. The predicted molar refractivity (Wildman–Crippen MR) is 118 cm³/mol. The summed E-state index contributed by atoms with van der Waals surface area (Å²) >= 11 is 0. The molecular formula is C25H31N3O3. The third-order valence-corrected chi connectivity index (χ3v) is 7.71. The number of allylic oxidation sites excluding steroid dienone is 2. The van der Waals surface area contributed by atoms with Crippen LogP contribution in [0.4, 0.5) is 5.69 Å². The first-order valence-electron chi connectivity index (χ1n) is 11.6. The minimum Gasteiger partial charge on any atom is -0.365 e. The van der Waals surface area contributed by atoms with Gasteiger partial charge < -0.3 is 9.80 Å². The molecule has 1 aromatic carbocycles. The minimum absolute atomic E-state index is 0.0345. The molecule has 3 aliphatic carbocycles. The number of anilines is 1. The SMILES string of the molecule is Cc1cccc(N2CCN(C(=O)CCN3C(=O)[C@@H]4[C@H](C3=O)[C@H]3C=C[C@H]4CC3)C[C@@H]2C)c1. The molecule has 6 nitrogen and oxygen atoms in total. The second-order valence-corrected chi connectivity index (χ2v) is 9.64. The lowest BCUT2D eigenvalue weighted by Crippen LogP contribution is -2.54. The Morgan fingerprint density at radius 2 is 1.71 bits per heavy atom. The van der Waals surface area contributed by atoms with Gasteiger partial charge in [0.15, 0.2) is 0 Å². The second kappa shape index (κ2) is 7.81. The van der Waals surface area contributed by atoms with Gasteiger partial charge in [-0.15, -0.1) is 0 Å². The Hall–Kier alpha value is -2.63. The summed E-state index contributed by atoms with van der Waals surface area (Å²) in [5.74, 6) is -0.0646. The van der Waals surface area contributed by atoms with Crippen molar-refractivity contribution in [1.82, 2.24) is 9.80 Å². The monoisotopic (exact) mass is 421 g/mol. The molecule has 164 valence electrons. The number of rotatable bonds is 4. The number of carbonyl (C=O) groups is 3. The number of aryl methyl sites for hydroxylation is 1. The Morgan fingerprint density at radius 3 is 2.29 bits per heavy atom. The molecule has 0 radical (unpaired) electrons. The normalized spacial score (nSPS) is 32.1. The first-order chi connectivity index (χ1) is 14.9. The lowest BCUT2D eigenvalue weighted by Gasteiger charge is -2.41. The van der Waals surface area contributed by atoms with Crippen LogP contribution in [0.5, 0.6) is 0 Å². The smallest absolute Gasteiger partial charge is 0.233 e. The average Bonchev–Trinajstić information content (AvgIpc) is 3.05. The molecule has 0 N–H and O–H groups in total. The van der Waals surface area contributed by atoms with E-state index in [4.69, 9.17) is 0 Å². The van der Waals surface area contributed by atoms with Crippen LogP contribution in [0.25, 0.3) is 0 Å². The summed E-state index contributed by atoms with van der Waals surface area (Å²) in [6.45, 7) is 6.56. The van der Waals surface area contributed by atoms with Crippen LogP contribution < -0.4 is 4.90 Å². The van der Waals surface area contributed by atoms with Crippen LogP contribution >= 0.6 is 0 Å². The van der Waals surface area contributed by atoms with Crippen LogP contribution in [-0.4, -0.2) is 59.7 Å². The van der Waals surface area contributed by atoms with Gasteiger partial charge in [0.05, 0.1) is 11.8 Å². The zero-order valence-electron chi connectivity index (χ0n) is 18.4. The van der Waals surface area contributed by atoms with Crippen LogP contribution in [0.2, 0.25) is 0 Å². The van der Waals surface area contributed by atoms with Gasteiger partial charge in [-0.25, -0.2) is 0 Å². The van der Waals surface area contributed by atoms with E-state index in [9.17, 15) is 14.4 Å². The van der Waals surface area contributed by atoms with Gasteiger partial charge in [0.25, 0.3) is 0 Å². The lowest BCUT2D eigenvalue weighted by molar-refractivity contribution is -0.141.